The van der Waals surface area contributed by atoms with Crippen LogP contribution in [-0.2, 0) is 0 Å². The smallest absolute Gasteiger partial charge is 0.291 e. The zero-order valence-electron chi connectivity index (χ0n) is 26.7. The Hall–Kier alpha value is -7.61. The summed E-state index contributed by atoms with van der Waals surface area (Å²) < 4.78 is 18.8. The van der Waals surface area contributed by atoms with Gasteiger partial charge in [-0.3, -0.25) is 39.4 Å². The molecule has 52 heavy (non-hydrogen) atoms. The van der Waals surface area contributed by atoms with Gasteiger partial charge in [0.1, 0.15) is 5.82 Å². The van der Waals surface area contributed by atoms with E-state index in [-0.39, 0.29) is 45.2 Å². The number of non-ortho nitro benzene ring substituents is 2. The zero-order chi connectivity index (χ0) is 37.2. The summed E-state index contributed by atoms with van der Waals surface area (Å²) in [5.41, 5.74) is 0.127. The monoisotopic (exact) mass is 700 g/mol. The normalized spacial score (nSPS) is 10.2. The molecule has 14 heteroatoms. The van der Waals surface area contributed by atoms with Gasteiger partial charge < -0.3 is 15.1 Å². The first-order chi connectivity index (χ1) is 25.0. The Morgan fingerprint density at radius 2 is 1.00 bits per heavy atom. The molecule has 5 aromatic carbocycles. The molecule has 0 spiro atoms. The maximum absolute atomic E-state index is 13.8. The number of amides is 2. The molecule has 0 bridgehead atoms. The van der Waals surface area contributed by atoms with Gasteiger partial charge in [0.15, 0.2) is 17.3 Å². The standard InChI is InChI=1S/C20H13FN2O4.C18H12N2O5/c21-17-9-5-4-8-15(17)20(25)22-18-11-10-14(23(26)27)12-16(18)19(24)13-6-2-1-3-7-13;21-17(12-5-2-1-3-6-12)14-11-13(20(23)24)8-9-15(14)19-18(22)16-7-4-10-25-16/h1-12H,(H,22,25);1-11H,(H,19,22). The van der Waals surface area contributed by atoms with Crippen molar-refractivity contribution < 1.29 is 37.8 Å². The number of anilines is 2. The minimum atomic E-state index is -0.760. The van der Waals surface area contributed by atoms with Crippen molar-refractivity contribution in [1.82, 2.24) is 0 Å². The molecule has 0 fully saturated rings. The molecule has 6 rings (SSSR count). The molecular formula is C38H25FN4O9. The molecule has 0 aliphatic carbocycles. The molecule has 0 saturated heterocycles. The summed E-state index contributed by atoms with van der Waals surface area (Å²) in [6, 6.07) is 32.1. The van der Waals surface area contributed by atoms with Crippen molar-refractivity contribution in [3.05, 3.63) is 199 Å². The van der Waals surface area contributed by atoms with Gasteiger partial charge in [0.2, 0.25) is 0 Å². The molecule has 0 aliphatic rings. The highest BCUT2D eigenvalue weighted by molar-refractivity contribution is 6.16. The number of nitro groups is 2. The Morgan fingerprint density at radius 1 is 0.538 bits per heavy atom. The van der Waals surface area contributed by atoms with Crippen molar-refractivity contribution in [2.75, 3.05) is 10.6 Å². The molecule has 13 nitrogen and oxygen atoms in total. The fourth-order valence-electron chi connectivity index (χ4n) is 4.80. The molecule has 2 amide bonds. The number of benzene rings is 5. The summed E-state index contributed by atoms with van der Waals surface area (Å²) in [7, 11) is 0. The Bertz CT molecular complexity index is 2300. The van der Waals surface area contributed by atoms with E-state index in [0.717, 1.165) is 18.2 Å². The summed E-state index contributed by atoms with van der Waals surface area (Å²) in [6.07, 6.45) is 1.35. The topological polar surface area (TPSA) is 192 Å². The number of furan rings is 1. The SMILES string of the molecule is O=C(Nc1ccc([N+](=O)[O-])cc1C(=O)c1ccccc1)c1ccccc1F.O=C(Nc1ccc([N+](=O)[O-])cc1C(=O)c1ccccc1)c1ccco1. The average molecular weight is 701 g/mol. The lowest BCUT2D eigenvalue weighted by Crippen LogP contribution is -2.16. The number of nitrogens with zero attached hydrogens (tertiary/aromatic N) is 2. The van der Waals surface area contributed by atoms with Gasteiger partial charge >= 0.3 is 0 Å². The fraction of sp³-hybridized carbons (Fsp3) is 0. The molecule has 0 atom stereocenters. The number of carbonyl (C=O) groups excluding carboxylic acids is 4. The molecule has 1 heterocycles. The number of hydrogen-bond acceptors (Lipinski definition) is 9. The van der Waals surface area contributed by atoms with Gasteiger partial charge in [-0.2, -0.15) is 0 Å². The van der Waals surface area contributed by atoms with E-state index in [1.165, 1.54) is 54.8 Å². The van der Waals surface area contributed by atoms with Crippen molar-refractivity contribution in [3.8, 4) is 0 Å². The number of nitrogens with one attached hydrogen (secondary N) is 2. The van der Waals surface area contributed by atoms with Gasteiger partial charge in [-0.25, -0.2) is 4.39 Å². The van der Waals surface area contributed by atoms with Crippen LogP contribution in [0.25, 0.3) is 0 Å². The largest absolute Gasteiger partial charge is 0.459 e. The molecule has 0 saturated carbocycles. The van der Waals surface area contributed by atoms with Gasteiger partial charge in [0, 0.05) is 35.4 Å². The Morgan fingerprint density at radius 3 is 1.44 bits per heavy atom. The molecule has 258 valence electrons. The van der Waals surface area contributed by atoms with Crippen LogP contribution < -0.4 is 10.6 Å². The second kappa shape index (κ2) is 16.2. The highest BCUT2D eigenvalue weighted by atomic mass is 19.1. The summed E-state index contributed by atoms with van der Waals surface area (Å²) in [6.45, 7) is 0. The molecule has 0 radical (unpaired) electrons. The summed E-state index contributed by atoms with van der Waals surface area (Å²) in [5.74, 6) is -2.89. The van der Waals surface area contributed by atoms with Crippen LogP contribution in [0.5, 0.6) is 0 Å². The molecule has 0 unspecified atom stereocenters. The lowest BCUT2D eigenvalue weighted by Gasteiger charge is -2.11. The highest BCUT2D eigenvalue weighted by Gasteiger charge is 2.22. The lowest BCUT2D eigenvalue weighted by molar-refractivity contribution is -0.385. The van der Waals surface area contributed by atoms with Crippen molar-refractivity contribution in [2.45, 2.75) is 0 Å². The van der Waals surface area contributed by atoms with E-state index in [0.29, 0.717) is 11.1 Å². The quantitative estimate of drug-likeness (QED) is 0.0812. The first-order valence-electron chi connectivity index (χ1n) is 15.2. The number of hydrogen-bond donors (Lipinski definition) is 2. The molecule has 1 aromatic heterocycles. The maximum atomic E-state index is 13.8. The fourth-order valence-corrected chi connectivity index (χ4v) is 4.80. The van der Waals surface area contributed by atoms with Crippen molar-refractivity contribution in [1.29, 1.82) is 0 Å². The Balaban J connectivity index is 0.000000202. The summed E-state index contributed by atoms with van der Waals surface area (Å²) >= 11 is 0. The van der Waals surface area contributed by atoms with E-state index in [9.17, 15) is 43.8 Å². The first-order valence-corrected chi connectivity index (χ1v) is 15.2. The average Bonchev–Trinajstić information content (AvgIpc) is 3.71. The predicted molar refractivity (Wildman–Crippen MR) is 187 cm³/mol. The van der Waals surface area contributed by atoms with Crippen molar-refractivity contribution >= 4 is 46.1 Å². The Labute approximate surface area is 293 Å². The van der Waals surface area contributed by atoms with Gasteiger partial charge in [-0.1, -0.05) is 72.8 Å². The number of ketones is 2. The number of halogens is 1. The molecule has 0 aliphatic heterocycles. The van der Waals surface area contributed by atoms with Crippen LogP contribution in [0.2, 0.25) is 0 Å². The van der Waals surface area contributed by atoms with Crippen LogP contribution in [0, 0.1) is 26.0 Å². The third-order valence-corrected chi connectivity index (χ3v) is 7.35. The van der Waals surface area contributed by atoms with Crippen molar-refractivity contribution in [2.24, 2.45) is 0 Å². The Kier molecular flexibility index (Phi) is 11.1. The third kappa shape index (κ3) is 8.51. The lowest BCUT2D eigenvalue weighted by atomic mass is 10.0. The van der Waals surface area contributed by atoms with E-state index in [4.69, 9.17) is 4.42 Å². The number of nitro benzene ring substituents is 2. The van der Waals surface area contributed by atoms with E-state index < -0.39 is 39.0 Å². The van der Waals surface area contributed by atoms with Crippen LogP contribution in [0.4, 0.5) is 27.1 Å². The van der Waals surface area contributed by atoms with E-state index in [1.54, 1.807) is 66.7 Å². The summed E-state index contributed by atoms with van der Waals surface area (Å²) in [5, 5.41) is 27.1. The maximum Gasteiger partial charge on any atom is 0.291 e. The molecular weight excluding hydrogens is 675 g/mol. The van der Waals surface area contributed by atoms with E-state index >= 15 is 0 Å². The first kappa shape index (κ1) is 35.7. The van der Waals surface area contributed by atoms with E-state index in [2.05, 4.69) is 10.6 Å². The number of rotatable bonds is 10. The predicted octanol–water partition coefficient (Wildman–Crippen LogP) is 7.89. The van der Waals surface area contributed by atoms with Gasteiger partial charge in [0.25, 0.3) is 23.2 Å². The minimum absolute atomic E-state index is 0.0281. The van der Waals surface area contributed by atoms with Crippen molar-refractivity contribution in [3.63, 3.8) is 0 Å². The van der Waals surface area contributed by atoms with Gasteiger partial charge in [-0.05, 0) is 36.4 Å². The van der Waals surface area contributed by atoms with Crippen LogP contribution in [0.3, 0.4) is 0 Å². The van der Waals surface area contributed by atoms with Crippen LogP contribution in [-0.4, -0.2) is 33.2 Å². The van der Waals surface area contributed by atoms with Crippen LogP contribution >= 0.6 is 0 Å². The number of carbonyl (C=O) groups is 4. The second-order valence-electron chi connectivity index (χ2n) is 10.7. The van der Waals surface area contributed by atoms with Gasteiger partial charge in [-0.15, -0.1) is 0 Å². The van der Waals surface area contributed by atoms with Crippen LogP contribution in [0.1, 0.15) is 52.8 Å². The van der Waals surface area contributed by atoms with Gasteiger partial charge in [0.05, 0.1) is 44.2 Å². The van der Waals surface area contributed by atoms with Crippen LogP contribution in [0.15, 0.2) is 144 Å². The summed E-state index contributed by atoms with van der Waals surface area (Å²) in [4.78, 5) is 70.9. The molecule has 6 aromatic rings. The molecule has 2 N–H and O–H groups in total. The van der Waals surface area contributed by atoms with E-state index in [1.807, 2.05) is 0 Å². The zero-order valence-corrected chi connectivity index (χ0v) is 26.7. The second-order valence-corrected chi connectivity index (χ2v) is 10.7. The minimum Gasteiger partial charge on any atom is -0.459 e. The highest BCUT2D eigenvalue weighted by Crippen LogP contribution is 2.27. The third-order valence-electron chi connectivity index (χ3n) is 7.35.